The van der Waals surface area contributed by atoms with Gasteiger partial charge in [-0.3, -0.25) is 0 Å². The molecule has 35 heavy (non-hydrogen) atoms. The molecule has 3 aromatic rings. The Bertz CT molecular complexity index is 1260. The number of halogens is 4. The van der Waals surface area contributed by atoms with Gasteiger partial charge in [-0.2, -0.15) is 0 Å². The maximum atomic E-state index is 14.7. The number of fused-ring (bicyclic) bond motifs is 1. The number of nitrogens with zero attached hydrogens (tertiary/aromatic N) is 2. The predicted molar refractivity (Wildman–Crippen MR) is 134 cm³/mol. The first-order chi connectivity index (χ1) is 16.7. The average molecular weight is 508 g/mol. The lowest BCUT2D eigenvalue weighted by atomic mass is 9.93. The van der Waals surface area contributed by atoms with E-state index in [-0.39, 0.29) is 45.5 Å². The summed E-state index contributed by atoms with van der Waals surface area (Å²) >= 11 is 5.89. The van der Waals surface area contributed by atoms with E-state index in [9.17, 15) is 18.3 Å². The van der Waals surface area contributed by atoms with Gasteiger partial charge in [0.1, 0.15) is 17.1 Å². The van der Waals surface area contributed by atoms with E-state index in [2.05, 4.69) is 39.5 Å². The van der Waals surface area contributed by atoms with Crippen LogP contribution in [-0.4, -0.2) is 46.2 Å². The van der Waals surface area contributed by atoms with E-state index in [4.69, 9.17) is 11.6 Å². The fraction of sp³-hybridized carbons (Fsp3) is 0.400. The first kappa shape index (κ1) is 25.2. The molecular formula is C25H29ClF3N5O. The molecule has 4 rings (SSSR count). The third-order valence-electron chi connectivity index (χ3n) is 6.52. The Morgan fingerprint density at radius 2 is 2.03 bits per heavy atom. The number of hydrogen-bond donors (Lipinski definition) is 4. The number of benzene rings is 2. The highest BCUT2D eigenvalue weighted by atomic mass is 35.5. The van der Waals surface area contributed by atoms with Crippen molar-refractivity contribution in [3.8, 4) is 0 Å². The van der Waals surface area contributed by atoms with Crippen molar-refractivity contribution in [2.24, 2.45) is 5.92 Å². The lowest BCUT2D eigenvalue weighted by Gasteiger charge is -2.35. The van der Waals surface area contributed by atoms with Gasteiger partial charge in [0.15, 0.2) is 11.6 Å². The summed E-state index contributed by atoms with van der Waals surface area (Å²) in [6.45, 7) is 5.53. The molecule has 1 aliphatic heterocycles. The van der Waals surface area contributed by atoms with Gasteiger partial charge >= 0.3 is 0 Å². The molecule has 1 aliphatic rings. The zero-order valence-corrected chi connectivity index (χ0v) is 20.6. The molecule has 2 heterocycles. The number of aliphatic hydroxyl groups is 1. The van der Waals surface area contributed by atoms with E-state index in [1.54, 1.807) is 6.92 Å². The largest absolute Gasteiger partial charge is 0.510 e. The molecule has 0 bridgehead atoms. The Balaban J connectivity index is 1.70. The van der Waals surface area contributed by atoms with E-state index >= 15 is 0 Å². The fourth-order valence-electron chi connectivity index (χ4n) is 4.40. The number of rotatable bonds is 7. The van der Waals surface area contributed by atoms with Crippen molar-refractivity contribution in [2.45, 2.75) is 39.2 Å². The van der Waals surface area contributed by atoms with E-state index in [1.807, 2.05) is 0 Å². The second kappa shape index (κ2) is 10.4. The van der Waals surface area contributed by atoms with Crippen LogP contribution in [0.3, 0.4) is 0 Å². The van der Waals surface area contributed by atoms with Crippen LogP contribution in [0.15, 0.2) is 30.0 Å². The topological polar surface area (TPSA) is 76.2 Å². The molecular weight excluding hydrogens is 479 g/mol. The van der Waals surface area contributed by atoms with Gasteiger partial charge in [-0.15, -0.1) is 0 Å². The zero-order valence-electron chi connectivity index (χ0n) is 19.9. The lowest BCUT2D eigenvalue weighted by Crippen LogP contribution is -2.43. The number of aromatic nitrogens is 2. The van der Waals surface area contributed by atoms with Crippen molar-refractivity contribution < 1.29 is 18.3 Å². The third-order valence-corrected chi connectivity index (χ3v) is 6.81. The SMILES string of the molecule is CC/C(O)=C(/Nc1ccc(F)c(Cl)c1)c1cc(F)c(F)c2nc(NCC3CC(C)CCN3C)[nH]c12. The number of allylic oxidation sites excluding steroid dienone is 1. The summed E-state index contributed by atoms with van der Waals surface area (Å²) in [5.41, 5.74) is 0.718. The van der Waals surface area contributed by atoms with Crippen LogP contribution in [0, 0.1) is 23.4 Å². The van der Waals surface area contributed by atoms with Crippen LogP contribution < -0.4 is 10.6 Å². The van der Waals surface area contributed by atoms with Crippen LogP contribution in [0.4, 0.5) is 24.8 Å². The summed E-state index contributed by atoms with van der Waals surface area (Å²) in [7, 11) is 2.07. The first-order valence-electron chi connectivity index (χ1n) is 11.6. The van der Waals surface area contributed by atoms with E-state index in [1.165, 1.54) is 18.2 Å². The van der Waals surface area contributed by atoms with Crippen LogP contribution in [0.2, 0.25) is 5.02 Å². The summed E-state index contributed by atoms with van der Waals surface area (Å²) in [5, 5.41) is 16.7. The molecule has 2 atom stereocenters. The number of H-pyrrole nitrogens is 1. The fourth-order valence-corrected chi connectivity index (χ4v) is 4.58. The van der Waals surface area contributed by atoms with E-state index < -0.39 is 17.5 Å². The van der Waals surface area contributed by atoms with Crippen molar-refractivity contribution in [1.82, 2.24) is 14.9 Å². The summed E-state index contributed by atoms with van der Waals surface area (Å²) in [6, 6.07) is 5.24. The molecule has 0 saturated carbocycles. The number of likely N-dealkylation sites (N-methyl/N-ethyl adjacent to an activating group) is 1. The molecule has 0 spiro atoms. The molecule has 0 radical (unpaired) electrons. The number of likely N-dealkylation sites (tertiary alicyclic amines) is 1. The van der Waals surface area contributed by atoms with Gasteiger partial charge in [-0.25, -0.2) is 18.2 Å². The van der Waals surface area contributed by atoms with Crippen molar-refractivity contribution in [2.75, 3.05) is 30.8 Å². The molecule has 2 aromatic carbocycles. The predicted octanol–water partition coefficient (Wildman–Crippen LogP) is 6.52. The lowest BCUT2D eigenvalue weighted by molar-refractivity contribution is 0.157. The van der Waals surface area contributed by atoms with Crippen LogP contribution in [0.5, 0.6) is 0 Å². The molecule has 1 aromatic heterocycles. The molecule has 10 heteroatoms. The third kappa shape index (κ3) is 5.36. The summed E-state index contributed by atoms with van der Waals surface area (Å²) < 4.78 is 42.9. The Morgan fingerprint density at radius 3 is 2.74 bits per heavy atom. The number of anilines is 2. The summed E-state index contributed by atoms with van der Waals surface area (Å²) in [4.78, 5) is 9.58. The maximum Gasteiger partial charge on any atom is 0.201 e. The minimum Gasteiger partial charge on any atom is -0.510 e. The van der Waals surface area contributed by atoms with E-state index in [0.29, 0.717) is 24.1 Å². The van der Waals surface area contributed by atoms with Crippen molar-refractivity contribution in [3.05, 3.63) is 58.1 Å². The summed E-state index contributed by atoms with van der Waals surface area (Å²) in [5.74, 6) is -1.97. The Morgan fingerprint density at radius 1 is 1.26 bits per heavy atom. The van der Waals surface area contributed by atoms with E-state index in [0.717, 1.165) is 25.5 Å². The van der Waals surface area contributed by atoms with Gasteiger partial charge in [-0.05, 0) is 56.6 Å². The zero-order chi connectivity index (χ0) is 25.3. The van der Waals surface area contributed by atoms with Crippen LogP contribution in [0.25, 0.3) is 16.7 Å². The number of aliphatic hydroxyl groups excluding tert-OH is 1. The Kier molecular flexibility index (Phi) is 7.47. The normalized spacial score (nSPS) is 19.6. The first-order valence-corrected chi connectivity index (χ1v) is 12.0. The Labute approximate surface area is 207 Å². The van der Waals surface area contributed by atoms with Crippen molar-refractivity contribution in [3.63, 3.8) is 0 Å². The van der Waals surface area contributed by atoms with Crippen LogP contribution >= 0.6 is 11.6 Å². The maximum absolute atomic E-state index is 14.7. The summed E-state index contributed by atoms with van der Waals surface area (Å²) in [6.07, 6.45) is 2.39. The quantitative estimate of drug-likeness (QED) is 0.274. The Hall–Kier alpha value is -2.91. The smallest absolute Gasteiger partial charge is 0.201 e. The second-order valence-electron chi connectivity index (χ2n) is 9.10. The highest BCUT2D eigenvalue weighted by Crippen LogP contribution is 2.33. The van der Waals surface area contributed by atoms with Crippen molar-refractivity contribution >= 4 is 40.0 Å². The standard InChI is InChI=1S/C25H29ClF3N5O/c1-4-20(35)22(31-14-5-6-18(27)17(26)10-14)16-11-19(28)21(29)24-23(16)32-25(33-24)30-12-15-9-13(2)7-8-34(15)3/h5-6,10-11,13,15,31,35H,4,7-9,12H2,1-3H3,(H2,30,32,33)/b22-20-. The minimum atomic E-state index is -1.10. The molecule has 2 unspecified atom stereocenters. The molecule has 6 nitrogen and oxygen atoms in total. The average Bonchev–Trinajstić information content (AvgIpc) is 3.27. The van der Waals surface area contributed by atoms with Crippen molar-refractivity contribution in [1.29, 1.82) is 0 Å². The highest BCUT2D eigenvalue weighted by Gasteiger charge is 2.25. The number of piperidine rings is 1. The van der Waals surface area contributed by atoms with Crippen LogP contribution in [0.1, 0.15) is 38.7 Å². The van der Waals surface area contributed by atoms with Gasteiger partial charge < -0.3 is 25.6 Å². The van der Waals surface area contributed by atoms with Gasteiger partial charge in [0.2, 0.25) is 5.95 Å². The van der Waals surface area contributed by atoms with Gasteiger partial charge in [0.25, 0.3) is 0 Å². The van der Waals surface area contributed by atoms with Gasteiger partial charge in [0.05, 0.1) is 16.2 Å². The number of imidazole rings is 1. The second-order valence-corrected chi connectivity index (χ2v) is 9.51. The molecule has 0 amide bonds. The minimum absolute atomic E-state index is 0.0975. The number of hydrogen-bond acceptors (Lipinski definition) is 5. The highest BCUT2D eigenvalue weighted by molar-refractivity contribution is 6.31. The molecule has 4 N–H and O–H groups in total. The molecule has 1 saturated heterocycles. The molecule has 0 aliphatic carbocycles. The monoisotopic (exact) mass is 507 g/mol. The van der Waals surface area contributed by atoms with Gasteiger partial charge in [0, 0.05) is 30.3 Å². The van der Waals surface area contributed by atoms with Crippen LogP contribution in [-0.2, 0) is 0 Å². The van der Waals surface area contributed by atoms with Gasteiger partial charge in [-0.1, -0.05) is 25.4 Å². The molecule has 188 valence electrons. The number of nitrogens with one attached hydrogen (secondary N) is 3. The number of aromatic amines is 1. The molecule has 1 fully saturated rings.